The summed E-state index contributed by atoms with van der Waals surface area (Å²) >= 11 is 0. The first-order chi connectivity index (χ1) is 15.5. The minimum absolute atomic E-state index is 0.121. The van der Waals surface area contributed by atoms with E-state index in [0.717, 1.165) is 0 Å². The molecule has 0 radical (unpaired) electrons. The third-order valence-electron chi connectivity index (χ3n) is 5.40. The van der Waals surface area contributed by atoms with Crippen molar-refractivity contribution >= 4 is 21.7 Å². The molecule has 2 aliphatic rings. The average Bonchev–Trinajstić information content (AvgIpc) is 3.02. The van der Waals surface area contributed by atoms with Crippen molar-refractivity contribution in [1.82, 2.24) is 19.9 Å². The SMILES string of the molecule is O=C(O)C(F)(F)F.O=C(c1cnccn1)N1CC2(C1)C(COc1ccccn1)CCS2(=O)=O. The Morgan fingerprint density at radius 1 is 1.18 bits per heavy atom. The van der Waals surface area contributed by atoms with E-state index in [4.69, 9.17) is 14.6 Å². The van der Waals surface area contributed by atoms with Crippen molar-refractivity contribution in [3.63, 3.8) is 0 Å². The second-order valence-corrected chi connectivity index (χ2v) is 9.85. The maximum absolute atomic E-state index is 12.7. The van der Waals surface area contributed by atoms with Gasteiger partial charge in [-0.1, -0.05) is 6.07 Å². The largest absolute Gasteiger partial charge is 0.490 e. The van der Waals surface area contributed by atoms with Gasteiger partial charge in [-0.05, 0) is 12.5 Å². The molecule has 0 bridgehead atoms. The molecule has 0 aromatic carbocycles. The van der Waals surface area contributed by atoms with Crippen molar-refractivity contribution in [2.24, 2.45) is 5.92 Å². The maximum atomic E-state index is 12.7. The molecule has 1 spiro atoms. The molecule has 33 heavy (non-hydrogen) atoms. The van der Waals surface area contributed by atoms with Crippen LogP contribution in [0.25, 0.3) is 0 Å². The fourth-order valence-corrected chi connectivity index (χ4v) is 6.04. The van der Waals surface area contributed by atoms with Crippen LogP contribution in [0, 0.1) is 5.92 Å². The Balaban J connectivity index is 0.000000383. The lowest BCUT2D eigenvalue weighted by molar-refractivity contribution is -0.192. The maximum Gasteiger partial charge on any atom is 0.490 e. The lowest BCUT2D eigenvalue weighted by Crippen LogP contribution is -2.69. The van der Waals surface area contributed by atoms with Crippen LogP contribution < -0.4 is 4.74 Å². The van der Waals surface area contributed by atoms with Crippen LogP contribution in [-0.4, -0.2) is 81.6 Å². The fourth-order valence-electron chi connectivity index (χ4n) is 3.64. The van der Waals surface area contributed by atoms with Gasteiger partial charge < -0.3 is 14.7 Å². The van der Waals surface area contributed by atoms with E-state index in [0.29, 0.717) is 12.3 Å². The zero-order valence-corrected chi connectivity index (χ0v) is 17.8. The summed E-state index contributed by atoms with van der Waals surface area (Å²) in [4.78, 5) is 34.8. The molecule has 14 heteroatoms. The van der Waals surface area contributed by atoms with E-state index >= 15 is 0 Å². The summed E-state index contributed by atoms with van der Waals surface area (Å²) in [6.07, 6.45) is 1.39. The number of halogens is 3. The number of hydrogen-bond acceptors (Lipinski definition) is 8. The van der Waals surface area contributed by atoms with Gasteiger partial charge in [-0.15, -0.1) is 0 Å². The van der Waals surface area contributed by atoms with Crippen LogP contribution >= 0.6 is 0 Å². The Bertz CT molecular complexity index is 1090. The van der Waals surface area contributed by atoms with Crippen molar-refractivity contribution in [2.75, 3.05) is 25.4 Å². The van der Waals surface area contributed by atoms with Crippen LogP contribution in [-0.2, 0) is 14.6 Å². The van der Waals surface area contributed by atoms with E-state index in [1.807, 2.05) is 6.07 Å². The second-order valence-electron chi connectivity index (χ2n) is 7.40. The number of aromatic nitrogens is 3. The predicted molar refractivity (Wildman–Crippen MR) is 106 cm³/mol. The van der Waals surface area contributed by atoms with Gasteiger partial charge in [0.15, 0.2) is 9.84 Å². The zero-order chi connectivity index (χ0) is 24.3. The summed E-state index contributed by atoms with van der Waals surface area (Å²) in [5.41, 5.74) is 0.221. The Morgan fingerprint density at radius 2 is 1.88 bits per heavy atom. The van der Waals surface area contributed by atoms with Crippen LogP contribution in [0.3, 0.4) is 0 Å². The van der Waals surface area contributed by atoms with Gasteiger partial charge in [0, 0.05) is 43.7 Å². The molecule has 10 nitrogen and oxygen atoms in total. The molecule has 2 saturated heterocycles. The number of sulfone groups is 1. The van der Waals surface area contributed by atoms with Gasteiger partial charge in [0.2, 0.25) is 5.88 Å². The molecular weight excluding hydrogens is 469 g/mol. The molecule has 4 heterocycles. The summed E-state index contributed by atoms with van der Waals surface area (Å²) < 4.78 is 61.8. The number of carbonyl (C=O) groups excluding carboxylic acids is 1. The summed E-state index contributed by atoms with van der Waals surface area (Å²) in [6, 6.07) is 5.34. The van der Waals surface area contributed by atoms with Crippen LogP contribution in [0.1, 0.15) is 16.9 Å². The number of carbonyl (C=O) groups is 2. The van der Waals surface area contributed by atoms with Crippen LogP contribution in [0.15, 0.2) is 43.0 Å². The van der Waals surface area contributed by atoms with Crippen molar-refractivity contribution in [2.45, 2.75) is 17.3 Å². The van der Waals surface area contributed by atoms with Crippen molar-refractivity contribution in [3.05, 3.63) is 48.7 Å². The quantitative estimate of drug-likeness (QED) is 0.673. The first-order valence-electron chi connectivity index (χ1n) is 9.58. The fraction of sp³-hybridized carbons (Fsp3) is 0.421. The molecule has 1 amide bonds. The van der Waals surface area contributed by atoms with Crippen molar-refractivity contribution in [3.8, 4) is 5.88 Å². The second kappa shape index (κ2) is 9.29. The monoisotopic (exact) mass is 488 g/mol. The average molecular weight is 488 g/mol. The van der Waals surface area contributed by atoms with E-state index in [9.17, 15) is 26.4 Å². The molecule has 2 fully saturated rings. The molecule has 0 aliphatic carbocycles. The van der Waals surface area contributed by atoms with Gasteiger partial charge in [0.05, 0.1) is 18.6 Å². The number of amides is 1. The minimum atomic E-state index is -5.08. The van der Waals surface area contributed by atoms with Gasteiger partial charge in [0.25, 0.3) is 5.91 Å². The number of pyridine rings is 1. The van der Waals surface area contributed by atoms with E-state index in [2.05, 4.69) is 15.0 Å². The number of ether oxygens (including phenoxy) is 1. The highest BCUT2D eigenvalue weighted by Crippen LogP contribution is 2.45. The van der Waals surface area contributed by atoms with Crippen LogP contribution in [0.2, 0.25) is 0 Å². The number of aliphatic carboxylic acids is 1. The summed E-state index contributed by atoms with van der Waals surface area (Å²) in [5.74, 6) is -2.63. The highest BCUT2D eigenvalue weighted by Gasteiger charge is 2.62. The Labute approximate surface area is 186 Å². The van der Waals surface area contributed by atoms with Gasteiger partial charge in [-0.2, -0.15) is 13.2 Å². The molecule has 2 aromatic rings. The molecule has 0 saturated carbocycles. The Hall–Kier alpha value is -3.29. The van der Waals surface area contributed by atoms with E-state index in [-0.39, 0.29) is 43.0 Å². The number of carboxylic acid groups (broad SMARTS) is 1. The number of nitrogens with zero attached hydrogens (tertiary/aromatic N) is 4. The first kappa shape index (κ1) is 24.4. The number of carboxylic acids is 1. The number of likely N-dealkylation sites (tertiary alicyclic amines) is 1. The number of rotatable bonds is 4. The number of hydrogen-bond donors (Lipinski definition) is 1. The van der Waals surface area contributed by atoms with Crippen LogP contribution in [0.4, 0.5) is 13.2 Å². The Morgan fingerprint density at radius 3 is 2.42 bits per heavy atom. The lowest BCUT2D eigenvalue weighted by Gasteiger charge is -2.49. The normalized spacial score (nSPS) is 20.3. The van der Waals surface area contributed by atoms with Gasteiger partial charge in [0.1, 0.15) is 10.4 Å². The van der Waals surface area contributed by atoms with Gasteiger partial charge >= 0.3 is 12.1 Å². The van der Waals surface area contributed by atoms with Crippen molar-refractivity contribution in [1.29, 1.82) is 0 Å². The smallest absolute Gasteiger partial charge is 0.477 e. The first-order valence-corrected chi connectivity index (χ1v) is 11.2. The summed E-state index contributed by atoms with van der Waals surface area (Å²) in [5, 5.41) is 7.12. The van der Waals surface area contributed by atoms with Crippen LogP contribution in [0.5, 0.6) is 5.88 Å². The van der Waals surface area contributed by atoms with Gasteiger partial charge in [-0.25, -0.2) is 23.2 Å². The summed E-state index contributed by atoms with van der Waals surface area (Å²) in [6.45, 7) is 0.603. The number of alkyl halides is 3. The molecular formula is C19H19F3N4O6S. The highest BCUT2D eigenvalue weighted by molar-refractivity contribution is 7.93. The van der Waals surface area contributed by atoms with E-state index in [1.165, 1.54) is 23.5 Å². The molecule has 1 N–H and O–H groups in total. The predicted octanol–water partition coefficient (Wildman–Crippen LogP) is 1.21. The van der Waals surface area contributed by atoms with E-state index in [1.54, 1.807) is 18.3 Å². The molecule has 2 aliphatic heterocycles. The molecule has 178 valence electrons. The van der Waals surface area contributed by atoms with E-state index < -0.39 is 26.7 Å². The standard InChI is InChI=1S/C17H18N4O4S.C2HF3O2/c22-16(14-9-18-6-7-19-14)21-11-17(12-21)13(4-8-26(17,23)24)10-25-15-3-1-2-5-20-15;3-2(4,5)1(6)7/h1-3,5-7,9,13H,4,8,10-12H2;(H,6,7). The Kier molecular flexibility index (Phi) is 6.86. The lowest BCUT2D eigenvalue weighted by atomic mass is 9.83. The molecule has 4 rings (SSSR count). The molecule has 2 aromatic heterocycles. The third-order valence-corrected chi connectivity index (χ3v) is 8.00. The topological polar surface area (TPSA) is 140 Å². The highest BCUT2D eigenvalue weighted by atomic mass is 32.2. The third kappa shape index (κ3) is 5.21. The van der Waals surface area contributed by atoms with Crippen molar-refractivity contribution < 1.29 is 41.0 Å². The molecule has 1 unspecified atom stereocenters. The molecule has 1 atom stereocenters. The summed E-state index contributed by atoms with van der Waals surface area (Å²) in [7, 11) is -3.28. The zero-order valence-electron chi connectivity index (χ0n) is 17.0. The van der Waals surface area contributed by atoms with Gasteiger partial charge in [-0.3, -0.25) is 9.78 Å². The minimum Gasteiger partial charge on any atom is -0.477 e.